The number of aryl methyl sites for hydroxylation is 2. The summed E-state index contributed by atoms with van der Waals surface area (Å²) in [6.45, 7) is 5.55. The first-order chi connectivity index (χ1) is 6.93. The Hall–Kier alpha value is -1.35. The molecular formula is C12H17NO2. The van der Waals surface area contributed by atoms with E-state index in [4.69, 9.17) is 10.8 Å². The minimum Gasteiger partial charge on any atom is -0.481 e. The molecule has 0 spiro atoms. The lowest BCUT2D eigenvalue weighted by Gasteiger charge is -2.19. The summed E-state index contributed by atoms with van der Waals surface area (Å²) in [7, 11) is 0. The predicted octanol–water partition coefficient (Wildman–Crippen LogP) is 2.02. The molecule has 1 aromatic carbocycles. The largest absolute Gasteiger partial charge is 0.481 e. The Bertz CT molecular complexity index is 374. The summed E-state index contributed by atoms with van der Waals surface area (Å²) < 4.78 is 0. The lowest BCUT2D eigenvalue weighted by atomic mass is 9.91. The molecule has 1 aromatic rings. The molecule has 0 aliphatic heterocycles. The zero-order chi connectivity index (χ0) is 11.6. The number of carbonyl (C=O) groups is 1. The number of carboxylic acids is 1. The second-order valence-corrected chi connectivity index (χ2v) is 4.01. The van der Waals surface area contributed by atoms with Gasteiger partial charge in [-0.05, 0) is 25.0 Å². The molecule has 2 atom stereocenters. The van der Waals surface area contributed by atoms with Gasteiger partial charge in [-0.2, -0.15) is 0 Å². The van der Waals surface area contributed by atoms with Crippen LogP contribution in [0.1, 0.15) is 29.7 Å². The summed E-state index contributed by atoms with van der Waals surface area (Å²) in [5, 5.41) is 8.89. The predicted molar refractivity (Wildman–Crippen MR) is 59.6 cm³/mol. The number of rotatable bonds is 3. The van der Waals surface area contributed by atoms with Gasteiger partial charge in [0.1, 0.15) is 0 Å². The van der Waals surface area contributed by atoms with Crippen LogP contribution in [-0.4, -0.2) is 11.1 Å². The molecule has 0 aliphatic rings. The molecule has 15 heavy (non-hydrogen) atoms. The SMILES string of the molecule is Cc1ccc(C)c(C(N)C(C)C(=O)O)c1. The van der Waals surface area contributed by atoms with Gasteiger partial charge in [0, 0.05) is 6.04 Å². The number of benzene rings is 1. The Morgan fingerprint density at radius 1 is 1.40 bits per heavy atom. The van der Waals surface area contributed by atoms with Crippen LogP contribution in [0.2, 0.25) is 0 Å². The summed E-state index contributed by atoms with van der Waals surface area (Å²) >= 11 is 0. The third-order valence-corrected chi connectivity index (χ3v) is 2.72. The van der Waals surface area contributed by atoms with E-state index in [-0.39, 0.29) is 0 Å². The van der Waals surface area contributed by atoms with Crippen molar-refractivity contribution in [3.8, 4) is 0 Å². The van der Waals surface area contributed by atoms with Gasteiger partial charge >= 0.3 is 5.97 Å². The summed E-state index contributed by atoms with van der Waals surface area (Å²) in [5.74, 6) is -1.42. The van der Waals surface area contributed by atoms with Crippen LogP contribution in [0.4, 0.5) is 0 Å². The number of hydrogen-bond acceptors (Lipinski definition) is 2. The first-order valence-electron chi connectivity index (χ1n) is 4.99. The number of nitrogens with two attached hydrogens (primary N) is 1. The summed E-state index contributed by atoms with van der Waals surface area (Å²) in [5.41, 5.74) is 8.99. The molecule has 3 heteroatoms. The van der Waals surface area contributed by atoms with Crippen molar-refractivity contribution in [2.75, 3.05) is 0 Å². The van der Waals surface area contributed by atoms with E-state index < -0.39 is 17.9 Å². The molecule has 0 heterocycles. The molecule has 0 saturated heterocycles. The fraction of sp³-hybridized carbons (Fsp3) is 0.417. The Labute approximate surface area is 89.9 Å². The third-order valence-electron chi connectivity index (χ3n) is 2.72. The van der Waals surface area contributed by atoms with Crippen LogP contribution < -0.4 is 5.73 Å². The molecule has 0 fully saturated rings. The van der Waals surface area contributed by atoms with Crippen molar-refractivity contribution in [3.63, 3.8) is 0 Å². The van der Waals surface area contributed by atoms with E-state index in [1.54, 1.807) is 6.92 Å². The molecule has 2 unspecified atom stereocenters. The van der Waals surface area contributed by atoms with Gasteiger partial charge in [-0.15, -0.1) is 0 Å². The Morgan fingerprint density at radius 3 is 2.53 bits per heavy atom. The van der Waals surface area contributed by atoms with Gasteiger partial charge in [-0.3, -0.25) is 4.79 Å². The molecule has 0 bridgehead atoms. The van der Waals surface area contributed by atoms with Crippen LogP contribution in [0.15, 0.2) is 18.2 Å². The molecule has 0 saturated carbocycles. The van der Waals surface area contributed by atoms with Gasteiger partial charge in [0.15, 0.2) is 0 Å². The van der Waals surface area contributed by atoms with Gasteiger partial charge in [-0.25, -0.2) is 0 Å². The van der Waals surface area contributed by atoms with Crippen LogP contribution >= 0.6 is 0 Å². The summed E-state index contributed by atoms with van der Waals surface area (Å²) in [6, 6.07) is 5.48. The number of hydrogen-bond donors (Lipinski definition) is 2. The average Bonchev–Trinajstić information content (AvgIpc) is 2.19. The Kier molecular flexibility index (Phi) is 3.48. The van der Waals surface area contributed by atoms with E-state index >= 15 is 0 Å². The van der Waals surface area contributed by atoms with Crippen LogP contribution in [0.25, 0.3) is 0 Å². The Balaban J connectivity index is 3.04. The molecule has 0 aromatic heterocycles. The van der Waals surface area contributed by atoms with E-state index in [0.29, 0.717) is 0 Å². The lowest BCUT2D eigenvalue weighted by molar-refractivity contribution is -0.141. The van der Waals surface area contributed by atoms with Gasteiger partial charge in [0.25, 0.3) is 0 Å². The first kappa shape index (κ1) is 11.7. The van der Waals surface area contributed by atoms with Gasteiger partial charge in [-0.1, -0.05) is 30.7 Å². The maximum Gasteiger partial charge on any atom is 0.308 e. The van der Waals surface area contributed by atoms with E-state index in [9.17, 15) is 4.79 Å². The first-order valence-corrected chi connectivity index (χ1v) is 4.99. The maximum absolute atomic E-state index is 10.8. The minimum atomic E-state index is -0.858. The number of carboxylic acid groups (broad SMARTS) is 1. The molecular weight excluding hydrogens is 190 g/mol. The molecule has 1 rings (SSSR count). The highest BCUT2D eigenvalue weighted by Crippen LogP contribution is 2.23. The summed E-state index contributed by atoms with van der Waals surface area (Å²) in [4.78, 5) is 10.8. The topological polar surface area (TPSA) is 63.3 Å². The number of aliphatic carboxylic acids is 1. The highest BCUT2D eigenvalue weighted by atomic mass is 16.4. The van der Waals surface area contributed by atoms with E-state index in [1.807, 2.05) is 32.0 Å². The normalized spacial score (nSPS) is 14.7. The van der Waals surface area contributed by atoms with Crippen molar-refractivity contribution in [2.45, 2.75) is 26.8 Å². The molecule has 0 radical (unpaired) electrons. The smallest absolute Gasteiger partial charge is 0.308 e. The average molecular weight is 207 g/mol. The highest BCUT2D eigenvalue weighted by Gasteiger charge is 2.22. The highest BCUT2D eigenvalue weighted by molar-refractivity contribution is 5.70. The van der Waals surface area contributed by atoms with Crippen molar-refractivity contribution < 1.29 is 9.90 Å². The fourth-order valence-electron chi connectivity index (χ4n) is 1.54. The van der Waals surface area contributed by atoms with Gasteiger partial charge < -0.3 is 10.8 Å². The standard InChI is InChI=1S/C12H17NO2/c1-7-4-5-8(2)10(6-7)11(13)9(3)12(14)15/h4-6,9,11H,13H2,1-3H3,(H,14,15). The lowest BCUT2D eigenvalue weighted by Crippen LogP contribution is -2.26. The van der Waals surface area contributed by atoms with Crippen molar-refractivity contribution in [1.82, 2.24) is 0 Å². The molecule has 0 aliphatic carbocycles. The van der Waals surface area contributed by atoms with Crippen LogP contribution in [0, 0.1) is 19.8 Å². The van der Waals surface area contributed by atoms with Crippen LogP contribution in [0.3, 0.4) is 0 Å². The maximum atomic E-state index is 10.8. The molecule has 3 nitrogen and oxygen atoms in total. The van der Waals surface area contributed by atoms with Crippen LogP contribution in [0.5, 0.6) is 0 Å². The third kappa shape index (κ3) is 2.57. The molecule has 0 amide bonds. The monoisotopic (exact) mass is 207 g/mol. The van der Waals surface area contributed by atoms with Crippen molar-refractivity contribution in [2.24, 2.45) is 11.7 Å². The second-order valence-electron chi connectivity index (χ2n) is 4.01. The Morgan fingerprint density at radius 2 is 2.00 bits per heavy atom. The second kappa shape index (κ2) is 4.45. The van der Waals surface area contributed by atoms with E-state index in [2.05, 4.69) is 0 Å². The zero-order valence-electron chi connectivity index (χ0n) is 9.32. The van der Waals surface area contributed by atoms with Crippen molar-refractivity contribution in [3.05, 3.63) is 34.9 Å². The molecule has 3 N–H and O–H groups in total. The van der Waals surface area contributed by atoms with Gasteiger partial charge in [0.2, 0.25) is 0 Å². The minimum absolute atomic E-state index is 0.442. The fourth-order valence-corrected chi connectivity index (χ4v) is 1.54. The quantitative estimate of drug-likeness (QED) is 0.797. The van der Waals surface area contributed by atoms with Crippen LogP contribution in [-0.2, 0) is 4.79 Å². The molecule has 82 valence electrons. The van der Waals surface area contributed by atoms with E-state index in [0.717, 1.165) is 16.7 Å². The van der Waals surface area contributed by atoms with E-state index in [1.165, 1.54) is 0 Å². The summed E-state index contributed by atoms with van der Waals surface area (Å²) in [6.07, 6.45) is 0. The van der Waals surface area contributed by atoms with Crippen molar-refractivity contribution in [1.29, 1.82) is 0 Å². The zero-order valence-corrected chi connectivity index (χ0v) is 9.32. The van der Waals surface area contributed by atoms with Gasteiger partial charge in [0.05, 0.1) is 5.92 Å². The van der Waals surface area contributed by atoms with Crippen molar-refractivity contribution >= 4 is 5.97 Å².